The quantitative estimate of drug-likeness (QED) is 0.812. The number of nitrogens with zero attached hydrogens (tertiary/aromatic N) is 1. The summed E-state index contributed by atoms with van der Waals surface area (Å²) in [6.45, 7) is 2.07. The van der Waals surface area contributed by atoms with Gasteiger partial charge in [0.25, 0.3) is 0 Å². The number of hydrogen-bond donors (Lipinski definition) is 1. The third-order valence-electron chi connectivity index (χ3n) is 2.12. The van der Waals surface area contributed by atoms with Gasteiger partial charge in [0.05, 0.1) is 4.88 Å². The molecule has 76 valence electrons. The largest absolute Gasteiger partial charge is 0.389 e. The summed E-state index contributed by atoms with van der Waals surface area (Å²) in [7, 11) is 0. The molecule has 1 heterocycles. The van der Waals surface area contributed by atoms with Gasteiger partial charge in [0.15, 0.2) is 0 Å². The van der Waals surface area contributed by atoms with E-state index in [9.17, 15) is 0 Å². The van der Waals surface area contributed by atoms with Gasteiger partial charge in [0.1, 0.15) is 10.00 Å². The highest BCUT2D eigenvalue weighted by molar-refractivity contribution is 7.81. The van der Waals surface area contributed by atoms with Crippen molar-refractivity contribution < 1.29 is 0 Å². The highest BCUT2D eigenvalue weighted by atomic mass is 32.1. The van der Waals surface area contributed by atoms with E-state index >= 15 is 0 Å². The van der Waals surface area contributed by atoms with Crippen LogP contribution < -0.4 is 5.73 Å². The van der Waals surface area contributed by atoms with Crippen molar-refractivity contribution in [1.82, 2.24) is 4.98 Å². The van der Waals surface area contributed by atoms with Gasteiger partial charge in [-0.25, -0.2) is 4.98 Å². The first-order valence-corrected chi connectivity index (χ1v) is 5.72. The lowest BCUT2D eigenvalue weighted by Gasteiger charge is -1.99. The van der Waals surface area contributed by atoms with Crippen LogP contribution in [-0.2, 0) is 0 Å². The molecule has 0 fully saturated rings. The predicted molar refractivity (Wildman–Crippen MR) is 68.2 cm³/mol. The molecule has 1 aromatic heterocycles. The second kappa shape index (κ2) is 4.08. The normalized spacial score (nSPS) is 10.2. The van der Waals surface area contributed by atoms with Crippen molar-refractivity contribution in [3.8, 4) is 10.6 Å². The number of thiazole rings is 1. The van der Waals surface area contributed by atoms with Crippen molar-refractivity contribution in [2.45, 2.75) is 6.92 Å². The van der Waals surface area contributed by atoms with Gasteiger partial charge in [-0.3, -0.25) is 0 Å². The van der Waals surface area contributed by atoms with E-state index in [1.807, 2.05) is 12.1 Å². The predicted octanol–water partition coefficient (Wildman–Crippen LogP) is 2.75. The van der Waals surface area contributed by atoms with Crippen LogP contribution in [0.2, 0.25) is 0 Å². The zero-order chi connectivity index (χ0) is 10.8. The molecule has 1 aromatic carbocycles. The van der Waals surface area contributed by atoms with Crippen LogP contribution in [0.4, 0.5) is 0 Å². The Hall–Kier alpha value is -1.26. The second-order valence-electron chi connectivity index (χ2n) is 3.21. The third kappa shape index (κ3) is 2.06. The summed E-state index contributed by atoms with van der Waals surface area (Å²) in [5.41, 5.74) is 7.90. The van der Waals surface area contributed by atoms with E-state index in [0.29, 0.717) is 4.99 Å². The monoisotopic (exact) mass is 234 g/mol. The molecule has 0 bridgehead atoms. The van der Waals surface area contributed by atoms with Gasteiger partial charge in [-0.1, -0.05) is 36.5 Å². The van der Waals surface area contributed by atoms with Crippen LogP contribution >= 0.6 is 23.6 Å². The maximum absolute atomic E-state index is 5.55. The Labute approximate surface area is 97.8 Å². The summed E-state index contributed by atoms with van der Waals surface area (Å²) in [6, 6.07) is 8.14. The van der Waals surface area contributed by atoms with Crippen LogP contribution in [0.1, 0.15) is 10.4 Å². The SMILES string of the molecule is Cc1ccccc1-c1ncc(C(N)=S)s1. The summed E-state index contributed by atoms with van der Waals surface area (Å²) in [4.78, 5) is 5.59. The summed E-state index contributed by atoms with van der Waals surface area (Å²) >= 11 is 6.44. The average Bonchev–Trinajstić information content (AvgIpc) is 2.67. The summed E-state index contributed by atoms with van der Waals surface area (Å²) < 4.78 is 0. The van der Waals surface area contributed by atoms with Crippen molar-refractivity contribution in [3.05, 3.63) is 40.9 Å². The zero-order valence-corrected chi connectivity index (χ0v) is 9.86. The van der Waals surface area contributed by atoms with E-state index in [0.717, 1.165) is 15.4 Å². The van der Waals surface area contributed by atoms with Gasteiger partial charge in [-0.05, 0) is 12.5 Å². The van der Waals surface area contributed by atoms with Crippen molar-refractivity contribution in [1.29, 1.82) is 0 Å². The number of rotatable bonds is 2. The molecule has 0 amide bonds. The lowest BCUT2D eigenvalue weighted by atomic mass is 10.1. The Morgan fingerprint density at radius 1 is 1.40 bits per heavy atom. The molecule has 2 nitrogen and oxygen atoms in total. The van der Waals surface area contributed by atoms with Crippen molar-refractivity contribution in [3.63, 3.8) is 0 Å². The highest BCUT2D eigenvalue weighted by Gasteiger charge is 2.07. The maximum Gasteiger partial charge on any atom is 0.124 e. The van der Waals surface area contributed by atoms with E-state index < -0.39 is 0 Å². The fourth-order valence-electron chi connectivity index (χ4n) is 1.33. The lowest BCUT2D eigenvalue weighted by molar-refractivity contribution is 1.37. The van der Waals surface area contributed by atoms with Gasteiger partial charge in [0.2, 0.25) is 0 Å². The Bertz CT molecular complexity index is 503. The molecule has 0 aliphatic rings. The number of thiocarbonyl (C=S) groups is 1. The first kappa shape index (κ1) is 10.3. The molecular weight excluding hydrogens is 224 g/mol. The maximum atomic E-state index is 5.55. The molecule has 0 saturated heterocycles. The minimum absolute atomic E-state index is 0.410. The smallest absolute Gasteiger partial charge is 0.124 e. The molecule has 15 heavy (non-hydrogen) atoms. The van der Waals surface area contributed by atoms with E-state index in [1.54, 1.807) is 6.20 Å². The van der Waals surface area contributed by atoms with Gasteiger partial charge in [0, 0.05) is 11.8 Å². The Morgan fingerprint density at radius 2 is 2.13 bits per heavy atom. The second-order valence-corrected chi connectivity index (χ2v) is 4.68. The Kier molecular flexibility index (Phi) is 2.79. The van der Waals surface area contributed by atoms with E-state index in [1.165, 1.54) is 16.9 Å². The van der Waals surface area contributed by atoms with Crippen LogP contribution in [0.25, 0.3) is 10.6 Å². The van der Waals surface area contributed by atoms with Crippen molar-refractivity contribution in [2.24, 2.45) is 5.73 Å². The molecule has 0 atom stereocenters. The fourth-order valence-corrected chi connectivity index (χ4v) is 2.36. The first-order chi connectivity index (χ1) is 7.18. The average molecular weight is 234 g/mol. The summed E-state index contributed by atoms with van der Waals surface area (Å²) in [6.07, 6.45) is 1.73. The van der Waals surface area contributed by atoms with Crippen molar-refractivity contribution in [2.75, 3.05) is 0 Å². The van der Waals surface area contributed by atoms with Gasteiger partial charge in [-0.15, -0.1) is 11.3 Å². The first-order valence-electron chi connectivity index (χ1n) is 4.50. The zero-order valence-electron chi connectivity index (χ0n) is 8.23. The van der Waals surface area contributed by atoms with Crippen LogP contribution in [0.15, 0.2) is 30.5 Å². The molecule has 0 unspecified atom stereocenters. The number of nitrogens with two attached hydrogens (primary N) is 1. The molecule has 2 N–H and O–H groups in total. The van der Waals surface area contributed by atoms with Crippen LogP contribution in [-0.4, -0.2) is 9.97 Å². The molecule has 0 aliphatic heterocycles. The van der Waals surface area contributed by atoms with E-state index in [2.05, 4.69) is 24.0 Å². The van der Waals surface area contributed by atoms with Gasteiger partial charge in [-0.2, -0.15) is 0 Å². The molecule has 0 aliphatic carbocycles. The molecule has 0 radical (unpaired) electrons. The minimum atomic E-state index is 0.410. The number of aryl methyl sites for hydroxylation is 1. The standard InChI is InChI=1S/C11H10N2S2/c1-7-4-2-3-5-8(7)11-13-6-9(15-11)10(12)14/h2-6H,1H3,(H2,12,14). The van der Waals surface area contributed by atoms with Crippen molar-refractivity contribution >= 4 is 28.5 Å². The highest BCUT2D eigenvalue weighted by Crippen LogP contribution is 2.27. The number of aromatic nitrogens is 1. The number of hydrogen-bond acceptors (Lipinski definition) is 3. The molecule has 0 spiro atoms. The third-order valence-corrected chi connectivity index (χ3v) is 3.54. The van der Waals surface area contributed by atoms with E-state index in [4.69, 9.17) is 18.0 Å². The summed E-state index contributed by atoms with van der Waals surface area (Å²) in [5, 5.41) is 0.968. The lowest BCUT2D eigenvalue weighted by Crippen LogP contribution is -2.06. The molecule has 0 saturated carbocycles. The summed E-state index contributed by atoms with van der Waals surface area (Å²) in [5.74, 6) is 0. The van der Waals surface area contributed by atoms with Gasteiger partial charge < -0.3 is 5.73 Å². The molecule has 4 heteroatoms. The van der Waals surface area contributed by atoms with E-state index in [-0.39, 0.29) is 0 Å². The topological polar surface area (TPSA) is 38.9 Å². The van der Waals surface area contributed by atoms with Gasteiger partial charge >= 0.3 is 0 Å². The van der Waals surface area contributed by atoms with Crippen LogP contribution in [0.5, 0.6) is 0 Å². The number of benzene rings is 1. The van der Waals surface area contributed by atoms with Crippen LogP contribution in [0.3, 0.4) is 0 Å². The fraction of sp³-hybridized carbons (Fsp3) is 0.0909. The molecule has 2 aromatic rings. The minimum Gasteiger partial charge on any atom is -0.389 e. The Morgan fingerprint density at radius 3 is 2.73 bits per heavy atom. The molecule has 2 rings (SSSR count). The van der Waals surface area contributed by atoms with Crippen LogP contribution in [0, 0.1) is 6.92 Å². The molecular formula is C11H10N2S2. The Balaban J connectivity index is 2.46.